The zero-order chi connectivity index (χ0) is 12.7. The van der Waals surface area contributed by atoms with Crippen molar-refractivity contribution in [3.8, 4) is 0 Å². The molecule has 1 aliphatic carbocycles. The van der Waals surface area contributed by atoms with Crippen LogP contribution in [0.15, 0.2) is 23.4 Å². The van der Waals surface area contributed by atoms with Crippen molar-refractivity contribution in [1.82, 2.24) is 0 Å². The van der Waals surface area contributed by atoms with E-state index in [0.29, 0.717) is 16.6 Å². The van der Waals surface area contributed by atoms with E-state index in [4.69, 9.17) is 22.5 Å². The van der Waals surface area contributed by atoms with E-state index in [1.54, 1.807) is 0 Å². The highest BCUT2D eigenvalue weighted by atomic mass is 35.5. The third kappa shape index (κ3) is 1.81. The minimum atomic E-state index is 0.0505. The van der Waals surface area contributed by atoms with Crippen molar-refractivity contribution in [3.05, 3.63) is 28.8 Å². The monoisotopic (exact) mass is 265 g/mol. The van der Waals surface area contributed by atoms with E-state index < -0.39 is 0 Å². The summed E-state index contributed by atoms with van der Waals surface area (Å²) in [6, 6.07) is 6.40. The topological polar surface area (TPSA) is 61.9 Å². The molecule has 5 heteroatoms. The summed E-state index contributed by atoms with van der Waals surface area (Å²) in [5, 5.41) is 12.2. The molecule has 3 rings (SSSR count). The van der Waals surface area contributed by atoms with Crippen LogP contribution in [-0.4, -0.2) is 23.6 Å². The zero-order valence-corrected chi connectivity index (χ0v) is 10.8. The molecule has 0 amide bonds. The lowest BCUT2D eigenvalue weighted by Gasteiger charge is -2.29. The molecule has 4 nitrogen and oxygen atoms in total. The molecule has 1 aromatic rings. The molecule has 96 valence electrons. The second-order valence-electron chi connectivity index (χ2n) is 5.13. The number of anilines is 1. The highest BCUT2D eigenvalue weighted by Gasteiger charge is 2.37. The lowest BCUT2D eigenvalue weighted by Crippen LogP contribution is -2.31. The van der Waals surface area contributed by atoms with Gasteiger partial charge in [0.2, 0.25) is 0 Å². The Balaban J connectivity index is 1.89. The van der Waals surface area contributed by atoms with E-state index in [1.165, 1.54) is 19.3 Å². The van der Waals surface area contributed by atoms with Gasteiger partial charge < -0.3 is 15.8 Å². The SMILES string of the molecule is NC(=NO)c1ccc(N2CC3CCC2C3)cc1Cl. The quantitative estimate of drug-likeness (QED) is 0.374. The molecule has 18 heavy (non-hydrogen) atoms. The summed E-state index contributed by atoms with van der Waals surface area (Å²) in [6.45, 7) is 1.13. The summed E-state index contributed by atoms with van der Waals surface area (Å²) in [6.07, 6.45) is 3.95. The average molecular weight is 266 g/mol. The maximum atomic E-state index is 8.67. The minimum Gasteiger partial charge on any atom is -0.409 e. The summed E-state index contributed by atoms with van der Waals surface area (Å²) < 4.78 is 0. The largest absolute Gasteiger partial charge is 0.409 e. The van der Waals surface area contributed by atoms with Crippen molar-refractivity contribution in [1.29, 1.82) is 0 Å². The Bertz CT molecular complexity index is 503. The van der Waals surface area contributed by atoms with Gasteiger partial charge in [0, 0.05) is 23.8 Å². The minimum absolute atomic E-state index is 0.0505. The maximum Gasteiger partial charge on any atom is 0.171 e. The van der Waals surface area contributed by atoms with Gasteiger partial charge >= 0.3 is 0 Å². The van der Waals surface area contributed by atoms with Crippen LogP contribution in [0.1, 0.15) is 24.8 Å². The van der Waals surface area contributed by atoms with Crippen molar-refractivity contribution >= 4 is 23.1 Å². The van der Waals surface area contributed by atoms with Gasteiger partial charge in [-0.25, -0.2) is 0 Å². The van der Waals surface area contributed by atoms with E-state index in [1.807, 2.05) is 18.2 Å². The number of hydrogen-bond donors (Lipinski definition) is 2. The van der Waals surface area contributed by atoms with Crippen LogP contribution in [0.3, 0.4) is 0 Å². The van der Waals surface area contributed by atoms with Crippen molar-refractivity contribution < 1.29 is 5.21 Å². The van der Waals surface area contributed by atoms with E-state index in [2.05, 4.69) is 10.1 Å². The molecule has 1 aromatic carbocycles. The van der Waals surface area contributed by atoms with Crippen molar-refractivity contribution in [2.75, 3.05) is 11.4 Å². The predicted octanol–water partition coefficient (Wildman–Crippen LogP) is 2.42. The number of amidine groups is 1. The second kappa shape index (κ2) is 4.35. The number of fused-ring (bicyclic) bond motifs is 2. The molecule has 1 aliphatic heterocycles. The molecule has 0 spiro atoms. The first-order valence-electron chi connectivity index (χ1n) is 6.23. The highest BCUT2D eigenvalue weighted by molar-refractivity contribution is 6.34. The standard InChI is InChI=1S/C13H16ClN3O/c14-12-6-10(3-4-11(12)13(15)16-18)17-7-8-1-2-9(17)5-8/h3-4,6,8-9,18H,1-2,5,7H2,(H2,15,16). The third-order valence-corrected chi connectivity index (χ3v) is 4.39. The Morgan fingerprint density at radius 1 is 1.44 bits per heavy atom. The van der Waals surface area contributed by atoms with Gasteiger partial charge in [0.05, 0.1) is 5.02 Å². The van der Waals surface area contributed by atoms with Crippen LogP contribution in [-0.2, 0) is 0 Å². The number of rotatable bonds is 2. The van der Waals surface area contributed by atoms with Crippen LogP contribution < -0.4 is 10.6 Å². The summed E-state index contributed by atoms with van der Waals surface area (Å²) in [5.41, 5.74) is 7.28. The van der Waals surface area contributed by atoms with Crippen LogP contribution in [0.2, 0.25) is 5.02 Å². The van der Waals surface area contributed by atoms with E-state index in [-0.39, 0.29) is 5.84 Å². The van der Waals surface area contributed by atoms with Crippen LogP contribution in [0, 0.1) is 5.92 Å². The fourth-order valence-corrected chi connectivity index (χ4v) is 3.46. The predicted molar refractivity (Wildman–Crippen MR) is 72.4 cm³/mol. The van der Waals surface area contributed by atoms with E-state index >= 15 is 0 Å². The van der Waals surface area contributed by atoms with Gasteiger partial charge in [0.25, 0.3) is 0 Å². The molecule has 1 heterocycles. The summed E-state index contributed by atoms with van der Waals surface area (Å²) in [5.74, 6) is 0.895. The summed E-state index contributed by atoms with van der Waals surface area (Å²) in [7, 11) is 0. The molecule has 1 saturated heterocycles. The Kier molecular flexibility index (Phi) is 2.82. The molecule has 2 unspecified atom stereocenters. The normalized spacial score (nSPS) is 26.9. The van der Waals surface area contributed by atoms with Crippen molar-refractivity contribution in [2.45, 2.75) is 25.3 Å². The Hall–Kier alpha value is -1.42. The lowest BCUT2D eigenvalue weighted by atomic mass is 10.1. The molecular weight excluding hydrogens is 250 g/mol. The number of benzene rings is 1. The van der Waals surface area contributed by atoms with Gasteiger partial charge in [-0.3, -0.25) is 0 Å². The molecule has 1 saturated carbocycles. The number of nitrogens with two attached hydrogens (primary N) is 1. The molecule has 2 fully saturated rings. The number of halogens is 1. The fraction of sp³-hybridized carbons (Fsp3) is 0.462. The molecule has 2 atom stereocenters. The van der Waals surface area contributed by atoms with Gasteiger partial charge in [-0.05, 0) is 43.4 Å². The number of nitrogens with zero attached hydrogens (tertiary/aromatic N) is 2. The van der Waals surface area contributed by atoms with Gasteiger partial charge in [0.15, 0.2) is 5.84 Å². The average Bonchev–Trinajstić information content (AvgIpc) is 3.00. The summed E-state index contributed by atoms with van der Waals surface area (Å²) in [4.78, 5) is 2.43. The van der Waals surface area contributed by atoms with Crippen LogP contribution in [0.4, 0.5) is 5.69 Å². The first-order valence-corrected chi connectivity index (χ1v) is 6.61. The van der Waals surface area contributed by atoms with Crippen molar-refractivity contribution in [3.63, 3.8) is 0 Å². The van der Waals surface area contributed by atoms with Crippen LogP contribution >= 0.6 is 11.6 Å². The van der Waals surface area contributed by atoms with E-state index in [9.17, 15) is 0 Å². The Morgan fingerprint density at radius 3 is 2.83 bits per heavy atom. The summed E-state index contributed by atoms with van der Waals surface area (Å²) >= 11 is 6.18. The van der Waals surface area contributed by atoms with Crippen molar-refractivity contribution in [2.24, 2.45) is 16.8 Å². The highest BCUT2D eigenvalue weighted by Crippen LogP contribution is 2.40. The fourth-order valence-electron chi connectivity index (χ4n) is 3.19. The zero-order valence-electron chi connectivity index (χ0n) is 10.0. The lowest BCUT2D eigenvalue weighted by molar-refractivity contribution is 0.318. The number of piperidine rings is 1. The first-order chi connectivity index (χ1) is 8.69. The Labute approximate surface area is 111 Å². The number of oxime groups is 1. The van der Waals surface area contributed by atoms with Crippen LogP contribution in [0.5, 0.6) is 0 Å². The van der Waals surface area contributed by atoms with Gasteiger partial charge in [0.1, 0.15) is 0 Å². The van der Waals surface area contributed by atoms with E-state index in [0.717, 1.165) is 18.2 Å². The molecule has 2 bridgehead atoms. The molecule has 3 N–H and O–H groups in total. The van der Waals surface area contributed by atoms with Gasteiger partial charge in [-0.15, -0.1) is 0 Å². The van der Waals surface area contributed by atoms with Crippen LogP contribution in [0.25, 0.3) is 0 Å². The maximum absolute atomic E-state index is 8.67. The smallest absolute Gasteiger partial charge is 0.171 e. The third-order valence-electron chi connectivity index (χ3n) is 4.08. The van der Waals surface area contributed by atoms with Gasteiger partial charge in [-0.1, -0.05) is 16.8 Å². The number of hydrogen-bond acceptors (Lipinski definition) is 3. The molecule has 2 aliphatic rings. The Morgan fingerprint density at radius 2 is 2.28 bits per heavy atom. The van der Waals surface area contributed by atoms with Gasteiger partial charge in [-0.2, -0.15) is 0 Å². The first kappa shape index (κ1) is 11.7. The molecular formula is C13H16ClN3O. The second-order valence-corrected chi connectivity index (χ2v) is 5.54. The molecule has 0 radical (unpaired) electrons. The molecule has 0 aromatic heterocycles.